The number of nitrogens with one attached hydrogen (secondary N) is 1. The number of morpholine rings is 1. The molecule has 1 saturated heterocycles. The lowest BCUT2D eigenvalue weighted by atomic mass is 10.2. The third-order valence-corrected chi connectivity index (χ3v) is 7.14. The Balaban J connectivity index is 1.86. The first kappa shape index (κ1) is 21.2. The Kier molecular flexibility index (Phi) is 6.52. The van der Waals surface area contributed by atoms with Crippen LogP contribution in [0.5, 0.6) is 5.75 Å². The maximum absolute atomic E-state index is 13.0. The highest BCUT2D eigenvalue weighted by Crippen LogP contribution is 2.29. The minimum Gasteiger partial charge on any atom is -0.495 e. The number of hydrogen-bond donors (Lipinski definition) is 1. The van der Waals surface area contributed by atoms with Gasteiger partial charge >= 0.3 is 5.97 Å². The van der Waals surface area contributed by atoms with E-state index in [0.717, 1.165) is 11.3 Å². The molecule has 0 spiro atoms. The number of methoxy groups -OCH3 is 2. The van der Waals surface area contributed by atoms with Gasteiger partial charge in [-0.3, -0.25) is 4.79 Å². The summed E-state index contributed by atoms with van der Waals surface area (Å²) < 4.78 is 42.4. The standard InChI is InChI=1S/C18H20N2O7S2/c1-25-13-4-3-12(11-15(13)29(23,24)20-7-9-27-10-8-20)17(21)19-16-6-5-14(28-16)18(22)26-2/h3-6,11H,7-10H2,1-2H3,(H,19,21). The van der Waals surface area contributed by atoms with Crippen molar-refractivity contribution in [3.63, 3.8) is 0 Å². The maximum atomic E-state index is 13.0. The Morgan fingerprint density at radius 2 is 1.86 bits per heavy atom. The molecule has 9 nitrogen and oxygen atoms in total. The Morgan fingerprint density at radius 1 is 1.14 bits per heavy atom. The highest BCUT2D eigenvalue weighted by atomic mass is 32.2. The molecule has 1 amide bonds. The predicted octanol–water partition coefficient (Wildman–Crippen LogP) is 1.82. The van der Waals surface area contributed by atoms with E-state index < -0.39 is 21.9 Å². The number of ether oxygens (including phenoxy) is 3. The summed E-state index contributed by atoms with van der Waals surface area (Å²) >= 11 is 1.06. The lowest BCUT2D eigenvalue weighted by molar-refractivity contribution is 0.0606. The van der Waals surface area contributed by atoms with Crippen molar-refractivity contribution in [2.45, 2.75) is 4.90 Å². The van der Waals surface area contributed by atoms with Crippen molar-refractivity contribution in [1.29, 1.82) is 0 Å². The summed E-state index contributed by atoms with van der Waals surface area (Å²) in [6.07, 6.45) is 0. The summed E-state index contributed by atoms with van der Waals surface area (Å²) in [6.45, 7) is 1.08. The molecule has 0 unspecified atom stereocenters. The summed E-state index contributed by atoms with van der Waals surface area (Å²) in [5.74, 6) is -0.861. The molecule has 1 aliphatic rings. The molecule has 156 valence electrons. The number of anilines is 1. The number of esters is 1. The van der Waals surface area contributed by atoms with Crippen LogP contribution < -0.4 is 10.1 Å². The van der Waals surface area contributed by atoms with Gasteiger partial charge in [0, 0.05) is 18.7 Å². The molecular formula is C18H20N2O7S2. The number of benzene rings is 1. The van der Waals surface area contributed by atoms with Crippen LogP contribution in [0.15, 0.2) is 35.2 Å². The van der Waals surface area contributed by atoms with E-state index in [1.165, 1.54) is 42.8 Å². The fourth-order valence-electron chi connectivity index (χ4n) is 2.74. The number of carbonyl (C=O) groups is 2. The topological polar surface area (TPSA) is 111 Å². The van der Waals surface area contributed by atoms with Crippen LogP contribution >= 0.6 is 11.3 Å². The van der Waals surface area contributed by atoms with Crippen molar-refractivity contribution >= 4 is 38.2 Å². The van der Waals surface area contributed by atoms with Crippen molar-refractivity contribution in [3.8, 4) is 5.75 Å². The average Bonchev–Trinajstić information content (AvgIpc) is 3.21. The molecule has 0 aliphatic carbocycles. The number of thiophene rings is 1. The molecule has 0 atom stereocenters. The van der Waals surface area contributed by atoms with Crippen LogP contribution in [-0.4, -0.2) is 65.1 Å². The number of sulfonamides is 1. The molecule has 1 aliphatic heterocycles. The van der Waals surface area contributed by atoms with Crippen molar-refractivity contribution in [2.75, 3.05) is 45.8 Å². The molecule has 2 aromatic rings. The lowest BCUT2D eigenvalue weighted by Crippen LogP contribution is -2.40. The molecule has 11 heteroatoms. The molecule has 0 radical (unpaired) electrons. The van der Waals surface area contributed by atoms with Crippen LogP contribution in [0, 0.1) is 0 Å². The molecule has 1 aromatic carbocycles. The predicted molar refractivity (Wildman–Crippen MR) is 106 cm³/mol. The molecule has 0 saturated carbocycles. The van der Waals surface area contributed by atoms with Crippen molar-refractivity contribution in [1.82, 2.24) is 4.31 Å². The highest BCUT2D eigenvalue weighted by molar-refractivity contribution is 7.89. The zero-order chi connectivity index (χ0) is 21.0. The van der Waals surface area contributed by atoms with E-state index in [9.17, 15) is 18.0 Å². The van der Waals surface area contributed by atoms with Gasteiger partial charge in [-0.25, -0.2) is 13.2 Å². The van der Waals surface area contributed by atoms with Gasteiger partial charge in [-0.1, -0.05) is 0 Å². The fourth-order valence-corrected chi connectivity index (χ4v) is 5.15. The Bertz CT molecular complexity index is 1010. The second-order valence-electron chi connectivity index (χ2n) is 5.99. The molecule has 1 fully saturated rings. The summed E-state index contributed by atoms with van der Waals surface area (Å²) in [7, 11) is -1.21. The van der Waals surface area contributed by atoms with Crippen LogP contribution in [0.3, 0.4) is 0 Å². The first-order chi connectivity index (χ1) is 13.9. The smallest absolute Gasteiger partial charge is 0.348 e. The van der Waals surface area contributed by atoms with Gasteiger partial charge < -0.3 is 19.5 Å². The summed E-state index contributed by atoms with van der Waals surface area (Å²) in [4.78, 5) is 24.4. The summed E-state index contributed by atoms with van der Waals surface area (Å²) in [6, 6.07) is 7.31. The van der Waals surface area contributed by atoms with Gasteiger partial charge in [-0.2, -0.15) is 4.31 Å². The maximum Gasteiger partial charge on any atom is 0.348 e. The molecule has 1 N–H and O–H groups in total. The van der Waals surface area contributed by atoms with E-state index in [2.05, 4.69) is 10.1 Å². The van der Waals surface area contributed by atoms with Gasteiger partial charge in [0.05, 0.1) is 32.4 Å². The SMILES string of the molecule is COC(=O)c1ccc(NC(=O)c2ccc(OC)c(S(=O)(=O)N3CCOCC3)c2)s1. The Morgan fingerprint density at radius 3 is 2.52 bits per heavy atom. The zero-order valence-electron chi connectivity index (χ0n) is 15.8. The largest absolute Gasteiger partial charge is 0.495 e. The normalized spacial score (nSPS) is 15.0. The highest BCUT2D eigenvalue weighted by Gasteiger charge is 2.30. The van der Waals surface area contributed by atoms with E-state index >= 15 is 0 Å². The van der Waals surface area contributed by atoms with Crippen LogP contribution in [0.1, 0.15) is 20.0 Å². The monoisotopic (exact) mass is 440 g/mol. The van der Waals surface area contributed by atoms with E-state index in [4.69, 9.17) is 9.47 Å². The van der Waals surface area contributed by atoms with Crippen LogP contribution in [0.2, 0.25) is 0 Å². The van der Waals surface area contributed by atoms with Gasteiger partial charge in [-0.15, -0.1) is 11.3 Å². The molecule has 2 heterocycles. The summed E-state index contributed by atoms with van der Waals surface area (Å²) in [5, 5.41) is 3.09. The Labute approximate surface area is 172 Å². The van der Waals surface area contributed by atoms with Gasteiger partial charge in [-0.05, 0) is 30.3 Å². The van der Waals surface area contributed by atoms with Gasteiger partial charge in [0.25, 0.3) is 5.91 Å². The second-order valence-corrected chi connectivity index (χ2v) is 8.98. The van der Waals surface area contributed by atoms with Crippen LogP contribution in [0.4, 0.5) is 5.00 Å². The molecular weight excluding hydrogens is 420 g/mol. The number of hydrogen-bond acceptors (Lipinski definition) is 8. The van der Waals surface area contributed by atoms with E-state index in [1.807, 2.05) is 0 Å². The van der Waals surface area contributed by atoms with Crippen LogP contribution in [0.25, 0.3) is 0 Å². The molecule has 3 rings (SSSR count). The fraction of sp³-hybridized carbons (Fsp3) is 0.333. The van der Waals surface area contributed by atoms with Crippen molar-refractivity contribution < 1.29 is 32.2 Å². The lowest BCUT2D eigenvalue weighted by Gasteiger charge is -2.26. The van der Waals surface area contributed by atoms with E-state index in [0.29, 0.717) is 23.1 Å². The summed E-state index contributed by atoms with van der Waals surface area (Å²) in [5.41, 5.74) is 0.144. The third kappa shape index (κ3) is 4.58. The van der Waals surface area contributed by atoms with Gasteiger partial charge in [0.15, 0.2) is 0 Å². The second kappa shape index (κ2) is 8.91. The quantitative estimate of drug-likeness (QED) is 0.682. The Hall–Kier alpha value is -2.47. The van der Waals surface area contributed by atoms with E-state index in [1.54, 1.807) is 6.07 Å². The van der Waals surface area contributed by atoms with Gasteiger partial charge in [0.2, 0.25) is 10.0 Å². The number of amides is 1. The molecule has 0 bridgehead atoms. The number of nitrogens with zero attached hydrogens (tertiary/aromatic N) is 1. The average molecular weight is 440 g/mol. The van der Waals surface area contributed by atoms with Crippen molar-refractivity contribution in [2.24, 2.45) is 0 Å². The van der Waals surface area contributed by atoms with Crippen molar-refractivity contribution in [3.05, 3.63) is 40.8 Å². The van der Waals surface area contributed by atoms with Crippen LogP contribution in [-0.2, 0) is 19.5 Å². The van der Waals surface area contributed by atoms with Gasteiger partial charge in [0.1, 0.15) is 15.5 Å². The minimum atomic E-state index is -3.85. The minimum absolute atomic E-state index is 0.0871. The first-order valence-corrected chi connectivity index (χ1v) is 10.9. The number of carbonyl (C=O) groups excluding carboxylic acids is 2. The molecule has 29 heavy (non-hydrogen) atoms. The molecule has 1 aromatic heterocycles. The number of rotatable bonds is 6. The third-order valence-electron chi connectivity index (χ3n) is 4.24. The first-order valence-electron chi connectivity index (χ1n) is 8.62. The van der Waals surface area contributed by atoms with E-state index in [-0.39, 0.29) is 29.3 Å². The zero-order valence-corrected chi connectivity index (χ0v) is 17.5.